The first-order chi connectivity index (χ1) is 13.1. The zero-order chi connectivity index (χ0) is 19.0. The lowest BCUT2D eigenvalue weighted by Crippen LogP contribution is -2.46. The highest BCUT2D eigenvalue weighted by molar-refractivity contribution is 6.31. The fourth-order valence-electron chi connectivity index (χ4n) is 4.46. The number of hydrogen-bond donors (Lipinski definition) is 0. The zero-order valence-electron chi connectivity index (χ0n) is 15.9. The second kappa shape index (κ2) is 7.17. The molecule has 4 nitrogen and oxygen atoms in total. The van der Waals surface area contributed by atoms with E-state index in [1.165, 1.54) is 5.56 Å². The van der Waals surface area contributed by atoms with Crippen molar-refractivity contribution < 1.29 is 9.53 Å². The average Bonchev–Trinajstić information content (AvgIpc) is 3.01. The molecule has 0 unspecified atom stereocenters. The van der Waals surface area contributed by atoms with Crippen LogP contribution in [0.25, 0.3) is 0 Å². The Morgan fingerprint density at radius 3 is 2.63 bits per heavy atom. The molecule has 0 radical (unpaired) electrons. The summed E-state index contributed by atoms with van der Waals surface area (Å²) in [7, 11) is 1.69. The third kappa shape index (κ3) is 3.21. The second-order valence-corrected chi connectivity index (χ2v) is 7.94. The maximum Gasteiger partial charge on any atom is 0.258 e. The number of amides is 1. The Bertz CT molecular complexity index is 859. The summed E-state index contributed by atoms with van der Waals surface area (Å²) in [5.41, 5.74) is 2.88. The molecule has 0 saturated carbocycles. The number of hydrogen-bond acceptors (Lipinski definition) is 3. The molecular formula is C22H25ClN2O2. The minimum Gasteiger partial charge on any atom is -0.497 e. The summed E-state index contributed by atoms with van der Waals surface area (Å²) >= 11 is 6.12. The maximum atomic E-state index is 13.3. The van der Waals surface area contributed by atoms with Crippen LogP contribution in [-0.2, 0) is 5.41 Å². The number of ether oxygens (including phenoxy) is 1. The molecule has 4 rings (SSSR count). The van der Waals surface area contributed by atoms with Crippen LogP contribution >= 0.6 is 11.6 Å². The van der Waals surface area contributed by atoms with E-state index in [4.69, 9.17) is 16.3 Å². The van der Waals surface area contributed by atoms with Crippen LogP contribution in [0.15, 0.2) is 42.5 Å². The Balaban J connectivity index is 1.73. The number of fused-ring (bicyclic) bond motifs is 2. The number of nitrogens with zero attached hydrogens (tertiary/aromatic N) is 2. The first-order valence-electron chi connectivity index (χ1n) is 9.54. The number of piperidine rings is 1. The monoisotopic (exact) mass is 384 g/mol. The van der Waals surface area contributed by atoms with Crippen LogP contribution in [0, 0.1) is 0 Å². The molecule has 1 amide bonds. The summed E-state index contributed by atoms with van der Waals surface area (Å²) in [4.78, 5) is 17.7. The molecule has 2 aliphatic heterocycles. The van der Waals surface area contributed by atoms with E-state index in [1.54, 1.807) is 19.2 Å². The molecule has 2 aliphatic rings. The van der Waals surface area contributed by atoms with Crippen molar-refractivity contribution in [2.75, 3.05) is 38.2 Å². The molecule has 5 heteroatoms. The Morgan fingerprint density at radius 1 is 1.19 bits per heavy atom. The fourth-order valence-corrected chi connectivity index (χ4v) is 4.65. The van der Waals surface area contributed by atoms with Crippen molar-refractivity contribution in [3.63, 3.8) is 0 Å². The van der Waals surface area contributed by atoms with Crippen LogP contribution in [0.5, 0.6) is 5.75 Å². The van der Waals surface area contributed by atoms with Gasteiger partial charge in [0.05, 0.1) is 7.11 Å². The molecule has 2 aromatic rings. The topological polar surface area (TPSA) is 32.8 Å². The summed E-state index contributed by atoms with van der Waals surface area (Å²) in [6.45, 7) is 6.13. The lowest BCUT2D eigenvalue weighted by atomic mass is 9.74. The first-order valence-corrected chi connectivity index (χ1v) is 9.92. The quantitative estimate of drug-likeness (QED) is 0.788. The largest absolute Gasteiger partial charge is 0.497 e. The van der Waals surface area contributed by atoms with E-state index >= 15 is 0 Å². The number of rotatable bonds is 3. The van der Waals surface area contributed by atoms with E-state index in [0.717, 1.165) is 50.5 Å². The van der Waals surface area contributed by atoms with Gasteiger partial charge in [-0.2, -0.15) is 0 Å². The molecule has 2 heterocycles. The molecular weight excluding hydrogens is 360 g/mol. The van der Waals surface area contributed by atoms with E-state index < -0.39 is 0 Å². The lowest BCUT2D eigenvalue weighted by Gasteiger charge is -2.39. The molecule has 0 N–H and O–H groups in total. The van der Waals surface area contributed by atoms with Crippen LogP contribution in [0.2, 0.25) is 5.02 Å². The van der Waals surface area contributed by atoms with E-state index in [1.807, 2.05) is 29.2 Å². The van der Waals surface area contributed by atoms with Crippen molar-refractivity contribution in [2.24, 2.45) is 0 Å². The number of benzene rings is 2. The van der Waals surface area contributed by atoms with Crippen LogP contribution in [0.3, 0.4) is 0 Å². The molecule has 0 aliphatic carbocycles. The highest BCUT2D eigenvalue weighted by atomic mass is 35.5. The fraction of sp³-hybridized carbons (Fsp3) is 0.409. The van der Waals surface area contributed by atoms with Gasteiger partial charge in [-0.1, -0.05) is 24.6 Å². The molecule has 1 fully saturated rings. The highest BCUT2D eigenvalue weighted by Crippen LogP contribution is 2.48. The lowest BCUT2D eigenvalue weighted by molar-refractivity contribution is 0.0977. The van der Waals surface area contributed by atoms with Crippen molar-refractivity contribution in [1.29, 1.82) is 0 Å². The SMILES string of the molecule is CCN1CCC2(CC1)CN(C(=O)c1cccc(Cl)c1)c1ccc(OC)cc12. The van der Waals surface area contributed by atoms with Crippen LogP contribution in [0.1, 0.15) is 35.7 Å². The van der Waals surface area contributed by atoms with Gasteiger partial charge in [0.15, 0.2) is 0 Å². The standard InChI is InChI=1S/C22H25ClN2O2/c1-3-24-11-9-22(10-12-24)15-25(20-8-7-18(27-2)14-19(20)22)21(26)16-5-4-6-17(23)13-16/h4-8,13-14H,3,9-12,15H2,1-2H3. The van der Waals surface area contributed by atoms with Gasteiger partial charge in [-0.05, 0) is 74.4 Å². The number of methoxy groups -OCH3 is 1. The minimum absolute atomic E-state index is 0.00375. The van der Waals surface area contributed by atoms with Crippen molar-refractivity contribution in [1.82, 2.24) is 4.90 Å². The van der Waals surface area contributed by atoms with Gasteiger partial charge in [-0.3, -0.25) is 4.79 Å². The number of carbonyl (C=O) groups is 1. The van der Waals surface area contributed by atoms with Crippen LogP contribution < -0.4 is 9.64 Å². The third-order valence-electron chi connectivity index (χ3n) is 6.10. The van der Waals surface area contributed by atoms with Crippen molar-refractivity contribution >= 4 is 23.2 Å². The molecule has 1 saturated heterocycles. The van der Waals surface area contributed by atoms with E-state index in [-0.39, 0.29) is 11.3 Å². The van der Waals surface area contributed by atoms with Gasteiger partial charge < -0.3 is 14.5 Å². The predicted molar refractivity (Wildman–Crippen MR) is 109 cm³/mol. The summed E-state index contributed by atoms with van der Waals surface area (Å²) in [5, 5.41) is 0.584. The third-order valence-corrected chi connectivity index (χ3v) is 6.34. The second-order valence-electron chi connectivity index (χ2n) is 7.50. The molecule has 142 valence electrons. The highest BCUT2D eigenvalue weighted by Gasteiger charge is 2.46. The zero-order valence-corrected chi connectivity index (χ0v) is 16.6. The van der Waals surface area contributed by atoms with Gasteiger partial charge in [-0.25, -0.2) is 0 Å². The summed E-state index contributed by atoms with van der Waals surface area (Å²) in [5.74, 6) is 0.863. The van der Waals surface area contributed by atoms with Gasteiger partial charge in [0.2, 0.25) is 0 Å². The molecule has 27 heavy (non-hydrogen) atoms. The summed E-state index contributed by atoms with van der Waals surface area (Å²) in [6.07, 6.45) is 2.11. The Hall–Kier alpha value is -2.04. The van der Waals surface area contributed by atoms with Crippen LogP contribution in [0.4, 0.5) is 5.69 Å². The molecule has 1 spiro atoms. The van der Waals surface area contributed by atoms with E-state index in [2.05, 4.69) is 17.9 Å². The van der Waals surface area contributed by atoms with Gasteiger partial charge in [0, 0.05) is 28.2 Å². The van der Waals surface area contributed by atoms with Crippen LogP contribution in [-0.4, -0.2) is 44.1 Å². The van der Waals surface area contributed by atoms with Gasteiger partial charge in [0.1, 0.15) is 5.75 Å². The number of carbonyl (C=O) groups excluding carboxylic acids is 1. The van der Waals surface area contributed by atoms with Crippen molar-refractivity contribution in [2.45, 2.75) is 25.2 Å². The van der Waals surface area contributed by atoms with Gasteiger partial charge in [-0.15, -0.1) is 0 Å². The predicted octanol–water partition coefficient (Wildman–Crippen LogP) is 4.36. The van der Waals surface area contributed by atoms with E-state index in [9.17, 15) is 4.79 Å². The van der Waals surface area contributed by atoms with Crippen molar-refractivity contribution in [3.8, 4) is 5.75 Å². The number of anilines is 1. The normalized spacial score (nSPS) is 18.6. The smallest absolute Gasteiger partial charge is 0.258 e. The Kier molecular flexibility index (Phi) is 4.87. The number of likely N-dealkylation sites (tertiary alicyclic amines) is 1. The molecule has 0 atom stereocenters. The molecule has 2 aromatic carbocycles. The first kappa shape index (κ1) is 18.3. The van der Waals surface area contributed by atoms with Crippen molar-refractivity contribution in [3.05, 3.63) is 58.6 Å². The average molecular weight is 385 g/mol. The Morgan fingerprint density at radius 2 is 1.96 bits per heavy atom. The minimum atomic E-state index is 0.00375. The van der Waals surface area contributed by atoms with Gasteiger partial charge >= 0.3 is 0 Å². The Labute approximate surface area is 165 Å². The number of halogens is 1. The summed E-state index contributed by atoms with van der Waals surface area (Å²) < 4.78 is 5.48. The molecule has 0 aromatic heterocycles. The van der Waals surface area contributed by atoms with E-state index in [0.29, 0.717) is 10.6 Å². The maximum absolute atomic E-state index is 13.3. The van der Waals surface area contributed by atoms with Gasteiger partial charge in [0.25, 0.3) is 5.91 Å². The summed E-state index contributed by atoms with van der Waals surface area (Å²) in [6, 6.07) is 13.3. The molecule has 0 bridgehead atoms.